The van der Waals surface area contributed by atoms with Crippen LogP contribution in [0.1, 0.15) is 27.2 Å². The molecule has 4 aromatic carbocycles. The molecule has 3 amide bonds. The summed E-state index contributed by atoms with van der Waals surface area (Å²) in [7, 11) is 0. The lowest BCUT2D eigenvalue weighted by Crippen LogP contribution is -2.53. The van der Waals surface area contributed by atoms with E-state index in [1.54, 1.807) is 22.8 Å². The molecule has 0 fully saturated rings. The van der Waals surface area contributed by atoms with Crippen LogP contribution in [0.3, 0.4) is 0 Å². The number of nitrogens with zero attached hydrogens (tertiary/aromatic N) is 3. The van der Waals surface area contributed by atoms with Gasteiger partial charge in [0.1, 0.15) is 12.0 Å². The summed E-state index contributed by atoms with van der Waals surface area (Å²) in [5.41, 5.74) is 1.94. The topological polar surface area (TPSA) is 73.0 Å². The SMILES string of the molecule is CC(C)N(C(=O)CN1C(=O)C(C)(CCNc2ccccc2)C(=O)N(c2ccccc2)c2ccccc21)c1ccccc1. The van der Waals surface area contributed by atoms with Crippen LogP contribution in [0.25, 0.3) is 0 Å². The molecule has 0 saturated carbocycles. The first kappa shape index (κ1) is 28.6. The Balaban J connectivity index is 1.57. The normalized spacial score (nSPS) is 16.7. The number of hydrogen-bond donors (Lipinski definition) is 1. The summed E-state index contributed by atoms with van der Waals surface area (Å²) in [6.45, 7) is 5.77. The van der Waals surface area contributed by atoms with Gasteiger partial charge in [-0.05, 0) is 75.7 Å². The molecule has 1 aliphatic heterocycles. The van der Waals surface area contributed by atoms with Gasteiger partial charge in [0, 0.05) is 29.6 Å². The standard InChI is InChI=1S/C35H36N4O3/c1-26(2)38(28-17-9-5-10-18-28)32(40)25-37-30-21-13-14-22-31(30)39(29-19-11-6-12-20-29)34(42)35(3,33(37)41)23-24-36-27-15-7-4-8-16-27/h4-22,26,36H,23-25H2,1-3H3. The predicted molar refractivity (Wildman–Crippen MR) is 169 cm³/mol. The van der Waals surface area contributed by atoms with Crippen LogP contribution in [0.4, 0.5) is 28.4 Å². The van der Waals surface area contributed by atoms with Crippen molar-refractivity contribution in [1.29, 1.82) is 0 Å². The van der Waals surface area contributed by atoms with Crippen LogP contribution >= 0.6 is 0 Å². The summed E-state index contributed by atoms with van der Waals surface area (Å²) < 4.78 is 0. The third-order valence-corrected chi connectivity index (χ3v) is 7.66. The molecule has 42 heavy (non-hydrogen) atoms. The molecule has 1 aliphatic rings. The minimum atomic E-state index is -1.45. The average Bonchev–Trinajstić information content (AvgIpc) is 3.07. The maximum atomic E-state index is 14.6. The summed E-state index contributed by atoms with van der Waals surface area (Å²) in [5, 5.41) is 3.35. The van der Waals surface area contributed by atoms with E-state index in [4.69, 9.17) is 0 Å². The lowest BCUT2D eigenvalue weighted by Gasteiger charge is -2.34. The van der Waals surface area contributed by atoms with Gasteiger partial charge in [-0.3, -0.25) is 24.2 Å². The van der Waals surface area contributed by atoms with Crippen LogP contribution in [0.2, 0.25) is 0 Å². The van der Waals surface area contributed by atoms with Gasteiger partial charge in [0.15, 0.2) is 0 Å². The summed E-state index contributed by atoms with van der Waals surface area (Å²) in [6.07, 6.45) is 0.230. The third-order valence-electron chi connectivity index (χ3n) is 7.66. The van der Waals surface area contributed by atoms with Crippen molar-refractivity contribution < 1.29 is 14.4 Å². The Morgan fingerprint density at radius 2 is 1.31 bits per heavy atom. The number of benzene rings is 4. The van der Waals surface area contributed by atoms with Gasteiger partial charge in [0.25, 0.3) is 0 Å². The Kier molecular flexibility index (Phi) is 8.38. The van der Waals surface area contributed by atoms with Crippen LogP contribution in [-0.4, -0.2) is 36.9 Å². The van der Waals surface area contributed by atoms with E-state index in [-0.39, 0.29) is 30.8 Å². The molecule has 0 aliphatic carbocycles. The number of para-hydroxylation sites is 5. The number of nitrogens with one attached hydrogen (secondary N) is 1. The highest BCUT2D eigenvalue weighted by molar-refractivity contribution is 6.24. The monoisotopic (exact) mass is 560 g/mol. The largest absolute Gasteiger partial charge is 0.385 e. The highest BCUT2D eigenvalue weighted by atomic mass is 16.2. The lowest BCUT2D eigenvalue weighted by atomic mass is 9.83. The van der Waals surface area contributed by atoms with Gasteiger partial charge in [0.05, 0.1) is 11.4 Å². The Hall–Kier alpha value is -4.91. The van der Waals surface area contributed by atoms with Crippen LogP contribution in [0.15, 0.2) is 115 Å². The Morgan fingerprint density at radius 3 is 1.93 bits per heavy atom. The van der Waals surface area contributed by atoms with E-state index in [1.807, 2.05) is 123 Å². The first-order valence-corrected chi connectivity index (χ1v) is 14.3. The van der Waals surface area contributed by atoms with Crippen LogP contribution in [0, 0.1) is 5.41 Å². The van der Waals surface area contributed by atoms with Gasteiger partial charge in [0.2, 0.25) is 17.7 Å². The van der Waals surface area contributed by atoms with Crippen LogP contribution in [-0.2, 0) is 14.4 Å². The molecule has 1 unspecified atom stereocenters. The van der Waals surface area contributed by atoms with E-state index in [0.29, 0.717) is 23.6 Å². The van der Waals surface area contributed by atoms with Gasteiger partial charge in [-0.25, -0.2) is 0 Å². The molecule has 7 nitrogen and oxygen atoms in total. The van der Waals surface area contributed by atoms with E-state index < -0.39 is 11.3 Å². The maximum absolute atomic E-state index is 14.6. The zero-order valence-corrected chi connectivity index (χ0v) is 24.2. The van der Waals surface area contributed by atoms with Crippen molar-refractivity contribution in [3.8, 4) is 0 Å². The summed E-state index contributed by atoms with van der Waals surface area (Å²) in [5.74, 6) is -0.970. The summed E-state index contributed by atoms with van der Waals surface area (Å²) in [6, 6.07) is 35.6. The Labute approximate surface area is 247 Å². The van der Waals surface area contributed by atoms with E-state index in [1.165, 1.54) is 4.90 Å². The molecule has 1 N–H and O–H groups in total. The quantitative estimate of drug-likeness (QED) is 0.233. The number of carbonyl (C=O) groups excluding carboxylic acids is 3. The molecule has 0 radical (unpaired) electrons. The molecule has 1 atom stereocenters. The molecule has 0 spiro atoms. The van der Waals surface area contributed by atoms with Gasteiger partial charge in [-0.1, -0.05) is 66.7 Å². The fourth-order valence-electron chi connectivity index (χ4n) is 5.48. The van der Waals surface area contributed by atoms with E-state index >= 15 is 0 Å². The molecule has 214 valence electrons. The van der Waals surface area contributed by atoms with E-state index in [9.17, 15) is 14.4 Å². The van der Waals surface area contributed by atoms with Gasteiger partial charge in [-0.15, -0.1) is 0 Å². The van der Waals surface area contributed by atoms with Crippen molar-refractivity contribution in [2.24, 2.45) is 5.41 Å². The second-order valence-corrected chi connectivity index (χ2v) is 10.9. The average molecular weight is 561 g/mol. The fourth-order valence-corrected chi connectivity index (χ4v) is 5.48. The Bertz CT molecular complexity index is 1540. The molecular formula is C35H36N4O3. The minimum absolute atomic E-state index is 0.138. The van der Waals surface area contributed by atoms with Gasteiger partial charge in [-0.2, -0.15) is 0 Å². The first-order valence-electron chi connectivity index (χ1n) is 14.3. The van der Waals surface area contributed by atoms with Crippen molar-refractivity contribution >= 4 is 46.2 Å². The van der Waals surface area contributed by atoms with Crippen LogP contribution in [0.5, 0.6) is 0 Å². The highest BCUT2D eigenvalue weighted by Gasteiger charge is 2.50. The van der Waals surface area contributed by atoms with E-state index in [2.05, 4.69) is 5.32 Å². The zero-order valence-electron chi connectivity index (χ0n) is 24.2. The van der Waals surface area contributed by atoms with Gasteiger partial charge < -0.3 is 10.2 Å². The van der Waals surface area contributed by atoms with Crippen LogP contribution < -0.4 is 20.0 Å². The number of anilines is 5. The summed E-state index contributed by atoms with van der Waals surface area (Å²) in [4.78, 5) is 47.9. The molecule has 7 heteroatoms. The molecule has 0 aromatic heterocycles. The smallest absolute Gasteiger partial charge is 0.247 e. The maximum Gasteiger partial charge on any atom is 0.247 e. The molecule has 5 rings (SSSR count). The summed E-state index contributed by atoms with van der Waals surface area (Å²) >= 11 is 0. The zero-order chi connectivity index (χ0) is 29.7. The molecule has 4 aromatic rings. The number of amides is 3. The second-order valence-electron chi connectivity index (χ2n) is 10.9. The first-order chi connectivity index (χ1) is 20.3. The number of carbonyl (C=O) groups is 3. The number of rotatable bonds is 9. The lowest BCUT2D eigenvalue weighted by molar-refractivity contribution is -0.139. The number of hydrogen-bond acceptors (Lipinski definition) is 4. The molecule has 0 saturated heterocycles. The fraction of sp³-hybridized carbons (Fsp3) is 0.229. The van der Waals surface area contributed by atoms with Gasteiger partial charge >= 0.3 is 0 Å². The minimum Gasteiger partial charge on any atom is -0.385 e. The molecule has 1 heterocycles. The van der Waals surface area contributed by atoms with Crippen molar-refractivity contribution in [3.63, 3.8) is 0 Å². The predicted octanol–water partition coefficient (Wildman–Crippen LogP) is 6.65. The Morgan fingerprint density at radius 1 is 0.762 bits per heavy atom. The second kappa shape index (κ2) is 12.3. The van der Waals surface area contributed by atoms with E-state index in [0.717, 1.165) is 11.4 Å². The van der Waals surface area contributed by atoms with Crippen molar-refractivity contribution in [2.75, 3.05) is 33.1 Å². The molecular weight excluding hydrogens is 524 g/mol. The van der Waals surface area contributed by atoms with Crippen molar-refractivity contribution in [1.82, 2.24) is 0 Å². The highest BCUT2D eigenvalue weighted by Crippen LogP contribution is 2.44. The number of fused-ring (bicyclic) bond motifs is 1. The van der Waals surface area contributed by atoms with Crippen molar-refractivity contribution in [3.05, 3.63) is 115 Å². The van der Waals surface area contributed by atoms with Crippen molar-refractivity contribution in [2.45, 2.75) is 33.2 Å². The molecule has 0 bridgehead atoms. The third kappa shape index (κ3) is 5.63.